The van der Waals surface area contributed by atoms with Crippen LogP contribution in [0.2, 0.25) is 0 Å². The van der Waals surface area contributed by atoms with Crippen molar-refractivity contribution >= 4 is 11.7 Å². The number of likely N-dealkylation sites (tertiary alicyclic amines) is 1. The normalized spacial score (nSPS) is 30.4. The summed E-state index contributed by atoms with van der Waals surface area (Å²) >= 11 is 0. The van der Waals surface area contributed by atoms with Crippen LogP contribution in [0.1, 0.15) is 35.7 Å². The number of carbonyl (C=O) groups is 2. The topological polar surface area (TPSA) is 37.4 Å². The molecule has 3 nitrogen and oxygen atoms in total. The number of amides is 1. The highest BCUT2D eigenvalue weighted by Crippen LogP contribution is 2.66. The number of hydrogen-bond acceptors (Lipinski definition) is 2. The zero-order valence-electron chi connectivity index (χ0n) is 10.8. The van der Waals surface area contributed by atoms with Crippen molar-refractivity contribution < 1.29 is 9.59 Å². The SMILES string of the molecule is CCC(=O)N1C[C@H]2CC23C1=CC(=O)c1ccccc13. The monoisotopic (exact) mass is 253 g/mol. The second kappa shape index (κ2) is 3.35. The van der Waals surface area contributed by atoms with Gasteiger partial charge in [0.05, 0.1) is 0 Å². The van der Waals surface area contributed by atoms with Crippen LogP contribution in [0.5, 0.6) is 0 Å². The lowest BCUT2D eigenvalue weighted by Gasteiger charge is -2.29. The fourth-order valence-electron chi connectivity index (χ4n) is 3.81. The zero-order valence-corrected chi connectivity index (χ0v) is 10.8. The molecule has 3 heteroatoms. The standard InChI is InChI=1S/C16H15NO2/c1-2-15(19)17-9-10-8-16(10)12-6-4-3-5-11(12)13(18)7-14(16)17/h3-7,10H,2,8-9H2,1H3/t10-,16?/m1/s1. The predicted molar refractivity (Wildman–Crippen MR) is 70.6 cm³/mol. The van der Waals surface area contributed by atoms with Crippen LogP contribution in [0.15, 0.2) is 36.0 Å². The van der Waals surface area contributed by atoms with Crippen LogP contribution in [0.3, 0.4) is 0 Å². The van der Waals surface area contributed by atoms with Gasteiger partial charge >= 0.3 is 0 Å². The molecule has 1 spiro atoms. The first-order valence-corrected chi connectivity index (χ1v) is 6.85. The van der Waals surface area contributed by atoms with Gasteiger partial charge in [-0.15, -0.1) is 0 Å². The maximum atomic E-state index is 12.2. The lowest BCUT2D eigenvalue weighted by atomic mass is 9.81. The molecule has 3 aliphatic rings. The van der Waals surface area contributed by atoms with Crippen molar-refractivity contribution in [3.63, 3.8) is 0 Å². The molecule has 1 saturated carbocycles. The maximum absolute atomic E-state index is 12.2. The van der Waals surface area contributed by atoms with Gasteiger partial charge in [0.2, 0.25) is 5.91 Å². The van der Waals surface area contributed by atoms with E-state index in [1.807, 2.05) is 30.0 Å². The van der Waals surface area contributed by atoms with Gasteiger partial charge in [-0.3, -0.25) is 9.59 Å². The molecule has 1 aromatic rings. The van der Waals surface area contributed by atoms with Crippen molar-refractivity contribution in [2.24, 2.45) is 5.92 Å². The number of rotatable bonds is 1. The highest BCUT2D eigenvalue weighted by molar-refractivity contribution is 6.09. The van der Waals surface area contributed by atoms with Crippen LogP contribution in [0.25, 0.3) is 0 Å². The highest BCUT2D eigenvalue weighted by Gasteiger charge is 2.66. The average Bonchev–Trinajstić information content (AvgIpc) is 3.07. The van der Waals surface area contributed by atoms with E-state index in [2.05, 4.69) is 6.07 Å². The number of hydrogen-bond donors (Lipinski definition) is 0. The molecule has 0 aromatic heterocycles. The third kappa shape index (κ3) is 1.18. The number of piperidine rings is 1. The van der Waals surface area contributed by atoms with E-state index >= 15 is 0 Å². The highest BCUT2D eigenvalue weighted by atomic mass is 16.2. The molecule has 1 amide bonds. The number of fused-ring (bicyclic) bond motifs is 1. The Morgan fingerprint density at radius 3 is 3.00 bits per heavy atom. The summed E-state index contributed by atoms with van der Waals surface area (Å²) in [5.74, 6) is 0.672. The maximum Gasteiger partial charge on any atom is 0.226 e. The van der Waals surface area contributed by atoms with Gasteiger partial charge in [-0.1, -0.05) is 31.2 Å². The summed E-state index contributed by atoms with van der Waals surface area (Å²) in [6.07, 6.45) is 3.27. The second-order valence-electron chi connectivity index (χ2n) is 5.67. The van der Waals surface area contributed by atoms with Gasteiger partial charge in [-0.05, 0) is 17.9 Å². The van der Waals surface area contributed by atoms with Crippen molar-refractivity contribution in [2.75, 3.05) is 6.54 Å². The molecule has 0 radical (unpaired) electrons. The largest absolute Gasteiger partial charge is 0.315 e. The molecule has 1 aromatic carbocycles. The van der Waals surface area contributed by atoms with Gasteiger partial charge in [-0.2, -0.15) is 0 Å². The molecule has 96 valence electrons. The Morgan fingerprint density at radius 2 is 2.21 bits per heavy atom. The lowest BCUT2D eigenvalue weighted by molar-refractivity contribution is -0.128. The summed E-state index contributed by atoms with van der Waals surface area (Å²) in [5.41, 5.74) is 2.87. The Morgan fingerprint density at radius 1 is 1.42 bits per heavy atom. The summed E-state index contributed by atoms with van der Waals surface area (Å²) in [4.78, 5) is 26.1. The average molecular weight is 253 g/mol. The smallest absolute Gasteiger partial charge is 0.226 e. The Hall–Kier alpha value is -1.90. The summed E-state index contributed by atoms with van der Waals surface area (Å²) < 4.78 is 0. The Labute approximate surface area is 111 Å². The van der Waals surface area contributed by atoms with Crippen molar-refractivity contribution in [3.05, 3.63) is 47.2 Å². The van der Waals surface area contributed by atoms with Crippen molar-refractivity contribution in [1.29, 1.82) is 0 Å². The van der Waals surface area contributed by atoms with E-state index in [0.29, 0.717) is 12.3 Å². The number of allylic oxidation sites excluding steroid dienone is 2. The molecule has 1 saturated heterocycles. The first kappa shape index (κ1) is 11.0. The van der Waals surface area contributed by atoms with Gasteiger partial charge in [0.25, 0.3) is 0 Å². The van der Waals surface area contributed by atoms with Gasteiger partial charge in [-0.25, -0.2) is 0 Å². The van der Waals surface area contributed by atoms with Crippen LogP contribution in [0, 0.1) is 5.92 Å². The number of nitrogens with zero attached hydrogens (tertiary/aromatic N) is 1. The van der Waals surface area contributed by atoms with E-state index in [9.17, 15) is 9.59 Å². The summed E-state index contributed by atoms with van der Waals surface area (Å²) in [6.45, 7) is 2.65. The number of ketones is 1. The van der Waals surface area contributed by atoms with E-state index in [-0.39, 0.29) is 17.1 Å². The van der Waals surface area contributed by atoms with Crippen molar-refractivity contribution in [1.82, 2.24) is 4.90 Å². The molecular formula is C16H15NO2. The van der Waals surface area contributed by atoms with E-state index in [4.69, 9.17) is 0 Å². The van der Waals surface area contributed by atoms with E-state index in [1.165, 1.54) is 0 Å². The van der Waals surface area contributed by atoms with Gasteiger partial charge in [0.15, 0.2) is 5.78 Å². The van der Waals surface area contributed by atoms with Gasteiger partial charge in [0, 0.05) is 35.7 Å². The van der Waals surface area contributed by atoms with Crippen LogP contribution in [-0.2, 0) is 10.2 Å². The molecule has 0 bridgehead atoms. The second-order valence-corrected chi connectivity index (χ2v) is 5.67. The zero-order chi connectivity index (χ0) is 13.2. The third-order valence-corrected chi connectivity index (χ3v) is 4.80. The first-order valence-electron chi connectivity index (χ1n) is 6.85. The summed E-state index contributed by atoms with van der Waals surface area (Å²) in [5, 5.41) is 0. The van der Waals surface area contributed by atoms with Crippen LogP contribution >= 0.6 is 0 Å². The predicted octanol–water partition coefficient (Wildman–Crippen LogP) is 2.28. The number of carbonyl (C=O) groups excluding carboxylic acids is 2. The molecule has 2 aliphatic carbocycles. The van der Waals surface area contributed by atoms with Crippen molar-refractivity contribution in [3.8, 4) is 0 Å². The number of benzene rings is 1. The molecular weight excluding hydrogens is 238 g/mol. The lowest BCUT2D eigenvalue weighted by Crippen LogP contribution is -2.33. The summed E-state index contributed by atoms with van der Waals surface area (Å²) in [7, 11) is 0. The molecule has 1 heterocycles. The van der Waals surface area contributed by atoms with E-state index in [0.717, 1.165) is 29.8 Å². The van der Waals surface area contributed by atoms with E-state index < -0.39 is 0 Å². The fourth-order valence-corrected chi connectivity index (χ4v) is 3.81. The minimum Gasteiger partial charge on any atom is -0.315 e. The minimum atomic E-state index is -0.0324. The summed E-state index contributed by atoms with van der Waals surface area (Å²) in [6, 6.07) is 7.86. The molecule has 1 aliphatic heterocycles. The fraction of sp³-hybridized carbons (Fsp3) is 0.375. The van der Waals surface area contributed by atoms with Crippen LogP contribution < -0.4 is 0 Å². The molecule has 2 atom stereocenters. The Bertz CT molecular complexity index is 646. The quantitative estimate of drug-likeness (QED) is 0.770. The first-order chi connectivity index (χ1) is 9.18. The van der Waals surface area contributed by atoms with Crippen LogP contribution in [-0.4, -0.2) is 23.1 Å². The third-order valence-electron chi connectivity index (χ3n) is 4.80. The van der Waals surface area contributed by atoms with Gasteiger partial charge < -0.3 is 4.90 Å². The molecule has 0 N–H and O–H groups in total. The van der Waals surface area contributed by atoms with Gasteiger partial charge in [0.1, 0.15) is 0 Å². The minimum absolute atomic E-state index is 0.0324. The molecule has 2 fully saturated rings. The molecule has 1 unspecified atom stereocenters. The Kier molecular flexibility index (Phi) is 1.93. The molecule has 4 rings (SSSR count). The molecule has 19 heavy (non-hydrogen) atoms. The Balaban J connectivity index is 1.89. The van der Waals surface area contributed by atoms with Crippen LogP contribution in [0.4, 0.5) is 0 Å². The van der Waals surface area contributed by atoms with Crippen molar-refractivity contribution in [2.45, 2.75) is 25.2 Å². The van der Waals surface area contributed by atoms with E-state index in [1.54, 1.807) is 6.08 Å².